The Morgan fingerprint density at radius 2 is 2.07 bits per heavy atom. The van der Waals surface area contributed by atoms with Crippen LogP contribution in [0.3, 0.4) is 0 Å². The number of ether oxygens (including phenoxy) is 1. The molecule has 0 radical (unpaired) electrons. The van der Waals surface area contributed by atoms with Crippen molar-refractivity contribution in [3.63, 3.8) is 0 Å². The van der Waals surface area contributed by atoms with E-state index < -0.39 is 0 Å². The predicted molar refractivity (Wildman–Crippen MR) is 59.8 cm³/mol. The Labute approximate surface area is 91.1 Å². The van der Waals surface area contributed by atoms with Gasteiger partial charge in [0.1, 0.15) is 5.72 Å². The van der Waals surface area contributed by atoms with Gasteiger partial charge < -0.3 is 4.74 Å². The smallest absolute Gasteiger partial charge is 0.120 e. The Morgan fingerprint density at radius 1 is 1.36 bits per heavy atom. The van der Waals surface area contributed by atoms with E-state index in [9.17, 15) is 0 Å². The first kappa shape index (κ1) is 11.5. The molecule has 0 saturated carbocycles. The van der Waals surface area contributed by atoms with E-state index in [2.05, 4.69) is 36.5 Å². The summed E-state index contributed by atoms with van der Waals surface area (Å²) in [5.74, 6) is 0. The molecule has 0 bridgehead atoms. The first-order chi connectivity index (χ1) is 6.29. The lowest BCUT2D eigenvalue weighted by atomic mass is 10.0. The number of rotatable bonds is 2. The van der Waals surface area contributed by atoms with Gasteiger partial charge in [-0.05, 0) is 12.5 Å². The van der Waals surface area contributed by atoms with Gasteiger partial charge in [0.2, 0.25) is 0 Å². The third kappa shape index (κ3) is 2.71. The number of benzene rings is 1. The average molecular weight is 214 g/mol. The summed E-state index contributed by atoms with van der Waals surface area (Å²) >= 11 is 0. The fourth-order valence-electron chi connectivity index (χ4n) is 1.74. The first-order valence-corrected chi connectivity index (χ1v) is 4.71. The molecule has 1 aromatic rings. The van der Waals surface area contributed by atoms with Crippen molar-refractivity contribution in [1.82, 2.24) is 5.32 Å². The van der Waals surface area contributed by atoms with Gasteiger partial charge in [-0.25, -0.2) is 0 Å². The van der Waals surface area contributed by atoms with Crippen molar-refractivity contribution in [1.29, 1.82) is 0 Å². The highest BCUT2D eigenvalue weighted by Crippen LogP contribution is 2.17. The van der Waals surface area contributed by atoms with E-state index in [0.29, 0.717) is 0 Å². The van der Waals surface area contributed by atoms with Gasteiger partial charge in [-0.2, -0.15) is 0 Å². The van der Waals surface area contributed by atoms with Crippen LogP contribution in [0.15, 0.2) is 30.3 Å². The van der Waals surface area contributed by atoms with E-state index in [1.807, 2.05) is 6.07 Å². The van der Waals surface area contributed by atoms with Crippen molar-refractivity contribution in [3.8, 4) is 0 Å². The fraction of sp³-hybridized carbons (Fsp3) is 0.455. The molecule has 0 aromatic heterocycles. The molecule has 1 aliphatic rings. The maximum atomic E-state index is 5.63. The van der Waals surface area contributed by atoms with Gasteiger partial charge in [-0.15, -0.1) is 12.4 Å². The van der Waals surface area contributed by atoms with Gasteiger partial charge in [-0.3, -0.25) is 5.32 Å². The monoisotopic (exact) mass is 213 g/mol. The van der Waals surface area contributed by atoms with Crippen LogP contribution in [0.4, 0.5) is 0 Å². The molecule has 0 aliphatic carbocycles. The second-order valence-electron chi connectivity index (χ2n) is 3.67. The standard InChI is InChI=1S/C11H15NO.ClH/c1-11(12-7-8-13-11)9-10-5-3-2-4-6-10;/h2-6,12H,7-9H2,1H3;1H. The summed E-state index contributed by atoms with van der Waals surface area (Å²) in [5.41, 5.74) is 1.17. The van der Waals surface area contributed by atoms with Crippen LogP contribution in [0.5, 0.6) is 0 Å². The largest absolute Gasteiger partial charge is 0.359 e. The molecule has 0 amide bonds. The molecule has 3 heteroatoms. The average Bonchev–Trinajstić information content (AvgIpc) is 2.54. The summed E-state index contributed by atoms with van der Waals surface area (Å²) in [4.78, 5) is 0. The normalized spacial score (nSPS) is 25.8. The Bertz CT molecular complexity index is 270. The van der Waals surface area contributed by atoms with Gasteiger partial charge in [0.15, 0.2) is 0 Å². The van der Waals surface area contributed by atoms with Crippen molar-refractivity contribution in [3.05, 3.63) is 35.9 Å². The van der Waals surface area contributed by atoms with Crippen molar-refractivity contribution in [2.45, 2.75) is 19.1 Å². The second kappa shape index (κ2) is 4.78. The fourth-order valence-corrected chi connectivity index (χ4v) is 1.74. The van der Waals surface area contributed by atoms with Crippen LogP contribution < -0.4 is 5.32 Å². The lowest BCUT2D eigenvalue weighted by Gasteiger charge is -2.23. The molecule has 1 aromatic carbocycles. The lowest BCUT2D eigenvalue weighted by molar-refractivity contribution is 0.00702. The van der Waals surface area contributed by atoms with Crippen LogP contribution in [0.2, 0.25) is 0 Å². The van der Waals surface area contributed by atoms with Gasteiger partial charge in [0.25, 0.3) is 0 Å². The summed E-state index contributed by atoms with van der Waals surface area (Å²) in [6.45, 7) is 3.89. The van der Waals surface area contributed by atoms with Crippen molar-refractivity contribution < 1.29 is 4.74 Å². The summed E-state index contributed by atoms with van der Waals surface area (Å²) in [6, 6.07) is 10.4. The van der Waals surface area contributed by atoms with Crippen molar-refractivity contribution in [2.24, 2.45) is 0 Å². The SMILES string of the molecule is CC1(Cc2ccccc2)NCCO1.Cl. The summed E-state index contributed by atoms with van der Waals surface area (Å²) in [5, 5.41) is 3.36. The van der Waals surface area contributed by atoms with E-state index in [1.54, 1.807) is 0 Å². The first-order valence-electron chi connectivity index (χ1n) is 4.71. The molecular formula is C11H16ClNO. The van der Waals surface area contributed by atoms with E-state index in [4.69, 9.17) is 4.74 Å². The highest BCUT2D eigenvalue weighted by atomic mass is 35.5. The van der Waals surface area contributed by atoms with Crippen LogP contribution >= 0.6 is 12.4 Å². The number of halogens is 1. The zero-order chi connectivity index (χ0) is 9.15. The molecule has 1 heterocycles. The molecule has 1 unspecified atom stereocenters. The summed E-state index contributed by atoms with van der Waals surface area (Å²) in [7, 11) is 0. The highest BCUT2D eigenvalue weighted by molar-refractivity contribution is 5.85. The molecule has 78 valence electrons. The number of hydrogen-bond donors (Lipinski definition) is 1. The third-order valence-corrected chi connectivity index (χ3v) is 2.41. The van der Waals surface area contributed by atoms with Crippen molar-refractivity contribution in [2.75, 3.05) is 13.2 Å². The third-order valence-electron chi connectivity index (χ3n) is 2.41. The summed E-state index contributed by atoms with van der Waals surface area (Å²) in [6.07, 6.45) is 0.938. The zero-order valence-electron chi connectivity index (χ0n) is 8.32. The van der Waals surface area contributed by atoms with E-state index >= 15 is 0 Å². The van der Waals surface area contributed by atoms with Crippen molar-refractivity contribution >= 4 is 12.4 Å². The van der Waals surface area contributed by atoms with E-state index in [1.165, 1.54) is 5.56 Å². The van der Waals surface area contributed by atoms with Crippen LogP contribution in [-0.2, 0) is 11.2 Å². The Hall–Kier alpha value is -0.570. The molecule has 14 heavy (non-hydrogen) atoms. The molecule has 1 saturated heterocycles. The van der Waals surface area contributed by atoms with Gasteiger partial charge in [0, 0.05) is 13.0 Å². The molecule has 1 aliphatic heterocycles. The minimum atomic E-state index is -0.151. The number of hydrogen-bond acceptors (Lipinski definition) is 2. The summed E-state index contributed by atoms with van der Waals surface area (Å²) < 4.78 is 5.63. The molecule has 1 N–H and O–H groups in total. The van der Waals surface area contributed by atoms with Crippen LogP contribution in [-0.4, -0.2) is 18.9 Å². The zero-order valence-corrected chi connectivity index (χ0v) is 9.14. The second-order valence-corrected chi connectivity index (χ2v) is 3.67. The predicted octanol–water partition coefficient (Wildman–Crippen LogP) is 1.99. The van der Waals surface area contributed by atoms with Crippen LogP contribution in [0, 0.1) is 0 Å². The molecule has 2 nitrogen and oxygen atoms in total. The van der Waals surface area contributed by atoms with Gasteiger partial charge >= 0.3 is 0 Å². The van der Waals surface area contributed by atoms with Crippen LogP contribution in [0.1, 0.15) is 12.5 Å². The topological polar surface area (TPSA) is 21.3 Å². The maximum Gasteiger partial charge on any atom is 0.120 e. The van der Waals surface area contributed by atoms with Crippen LogP contribution in [0.25, 0.3) is 0 Å². The minimum absolute atomic E-state index is 0. The Balaban J connectivity index is 0.000000980. The molecule has 0 spiro atoms. The molecule has 1 atom stereocenters. The Morgan fingerprint density at radius 3 is 2.64 bits per heavy atom. The van der Waals surface area contributed by atoms with Gasteiger partial charge in [0.05, 0.1) is 6.61 Å². The number of nitrogens with one attached hydrogen (secondary N) is 1. The van der Waals surface area contributed by atoms with E-state index in [-0.39, 0.29) is 18.1 Å². The lowest BCUT2D eigenvalue weighted by Crippen LogP contribution is -2.39. The molecular weight excluding hydrogens is 198 g/mol. The maximum absolute atomic E-state index is 5.63. The quantitative estimate of drug-likeness (QED) is 0.812. The highest BCUT2D eigenvalue weighted by Gasteiger charge is 2.28. The molecule has 2 rings (SSSR count). The minimum Gasteiger partial charge on any atom is -0.359 e. The molecule has 1 fully saturated rings. The Kier molecular flexibility index (Phi) is 3.93. The van der Waals surface area contributed by atoms with E-state index in [0.717, 1.165) is 19.6 Å². The van der Waals surface area contributed by atoms with Gasteiger partial charge in [-0.1, -0.05) is 30.3 Å².